The van der Waals surface area contributed by atoms with Crippen LogP contribution in [0.15, 0.2) is 60.2 Å². The third kappa shape index (κ3) is 5.91. The summed E-state index contributed by atoms with van der Waals surface area (Å²) in [5.74, 6) is -1.12. The van der Waals surface area contributed by atoms with Gasteiger partial charge in [-0.25, -0.2) is 9.69 Å². The maximum absolute atomic E-state index is 13.3. The summed E-state index contributed by atoms with van der Waals surface area (Å²) >= 11 is 6.50. The van der Waals surface area contributed by atoms with Crippen LogP contribution in [0.3, 0.4) is 0 Å². The SMILES string of the molecule is CCOc1cc(/C=C2\C(=O)NC(=O)N(c3ccc(C)c(C)c3)C2=O)cc(Cl)c1OCc1ccc([N+](=O)[O-])cc1. The Kier molecular flexibility index (Phi) is 7.96. The van der Waals surface area contributed by atoms with Crippen LogP contribution in [0.25, 0.3) is 6.08 Å². The lowest BCUT2D eigenvalue weighted by atomic mass is 10.0. The standard InChI is InChI=1S/C28H24ClN3O7/c1-4-38-24-14-19(13-23(29)25(24)39-15-18-6-9-20(10-7-18)32(36)37)12-22-26(33)30-28(35)31(27(22)34)21-8-5-16(2)17(3)11-21/h5-14H,4,15H2,1-3H3,(H,30,33,35)/b22-12+. The van der Waals surface area contributed by atoms with Crippen LogP contribution in [0.5, 0.6) is 11.5 Å². The third-order valence-corrected chi connectivity index (χ3v) is 6.30. The summed E-state index contributed by atoms with van der Waals surface area (Å²) < 4.78 is 11.6. The van der Waals surface area contributed by atoms with Crippen molar-refractivity contribution >= 4 is 46.9 Å². The maximum Gasteiger partial charge on any atom is 0.335 e. The number of ether oxygens (including phenoxy) is 2. The lowest BCUT2D eigenvalue weighted by molar-refractivity contribution is -0.384. The first kappa shape index (κ1) is 27.3. The number of halogens is 1. The fourth-order valence-corrected chi connectivity index (χ4v) is 4.14. The first-order chi connectivity index (χ1) is 18.6. The normalized spacial score (nSPS) is 14.4. The van der Waals surface area contributed by atoms with E-state index in [-0.39, 0.29) is 41.0 Å². The van der Waals surface area contributed by atoms with Gasteiger partial charge in [0.1, 0.15) is 12.2 Å². The van der Waals surface area contributed by atoms with Gasteiger partial charge in [-0.05, 0) is 85.5 Å². The molecule has 0 aliphatic carbocycles. The van der Waals surface area contributed by atoms with Crippen molar-refractivity contribution in [3.8, 4) is 11.5 Å². The Morgan fingerprint density at radius 2 is 1.72 bits per heavy atom. The zero-order valence-electron chi connectivity index (χ0n) is 21.3. The van der Waals surface area contributed by atoms with Crippen LogP contribution in [0.1, 0.15) is 29.2 Å². The molecule has 11 heteroatoms. The molecule has 0 aromatic heterocycles. The van der Waals surface area contributed by atoms with Crippen molar-refractivity contribution in [3.63, 3.8) is 0 Å². The van der Waals surface area contributed by atoms with Crippen molar-refractivity contribution in [1.82, 2.24) is 5.32 Å². The third-order valence-electron chi connectivity index (χ3n) is 6.02. The number of nitro groups is 1. The van der Waals surface area contributed by atoms with Gasteiger partial charge in [0.05, 0.1) is 22.2 Å². The summed E-state index contributed by atoms with van der Waals surface area (Å²) in [7, 11) is 0. The Bertz CT molecular complexity index is 1520. The molecule has 0 radical (unpaired) electrons. The summed E-state index contributed by atoms with van der Waals surface area (Å²) in [6.45, 7) is 5.87. The highest BCUT2D eigenvalue weighted by molar-refractivity contribution is 6.39. The number of carbonyl (C=O) groups is 3. The molecule has 10 nitrogen and oxygen atoms in total. The fraction of sp³-hybridized carbons (Fsp3) is 0.179. The van der Waals surface area contributed by atoms with E-state index in [2.05, 4.69) is 5.32 Å². The van der Waals surface area contributed by atoms with Crippen LogP contribution in [0.2, 0.25) is 5.02 Å². The molecule has 1 N–H and O–H groups in total. The topological polar surface area (TPSA) is 128 Å². The second-order valence-corrected chi connectivity index (χ2v) is 9.11. The van der Waals surface area contributed by atoms with Gasteiger partial charge in [-0.3, -0.25) is 25.0 Å². The molecule has 0 atom stereocenters. The minimum Gasteiger partial charge on any atom is -0.490 e. The van der Waals surface area contributed by atoms with Crippen molar-refractivity contribution in [2.45, 2.75) is 27.4 Å². The van der Waals surface area contributed by atoms with Crippen molar-refractivity contribution in [3.05, 3.63) is 97.6 Å². The number of hydrogen-bond donors (Lipinski definition) is 1. The average Bonchev–Trinajstić information content (AvgIpc) is 2.88. The smallest absolute Gasteiger partial charge is 0.335 e. The minimum absolute atomic E-state index is 0.0387. The number of nitro benzene ring substituents is 1. The first-order valence-corrected chi connectivity index (χ1v) is 12.3. The highest BCUT2D eigenvalue weighted by Crippen LogP contribution is 2.38. The predicted octanol–water partition coefficient (Wildman–Crippen LogP) is 5.51. The highest BCUT2D eigenvalue weighted by Gasteiger charge is 2.37. The van der Waals surface area contributed by atoms with Gasteiger partial charge in [0.25, 0.3) is 17.5 Å². The van der Waals surface area contributed by atoms with E-state index in [9.17, 15) is 24.5 Å². The molecule has 0 saturated carbocycles. The molecule has 1 aliphatic heterocycles. The fourth-order valence-electron chi connectivity index (χ4n) is 3.87. The van der Waals surface area contributed by atoms with Gasteiger partial charge in [0.2, 0.25) is 0 Å². The van der Waals surface area contributed by atoms with Crippen LogP contribution in [0.4, 0.5) is 16.2 Å². The van der Waals surface area contributed by atoms with Gasteiger partial charge in [-0.15, -0.1) is 0 Å². The zero-order chi connectivity index (χ0) is 28.3. The van der Waals surface area contributed by atoms with Gasteiger partial charge >= 0.3 is 6.03 Å². The largest absolute Gasteiger partial charge is 0.490 e. The van der Waals surface area contributed by atoms with E-state index in [1.807, 2.05) is 13.8 Å². The number of nitrogens with one attached hydrogen (secondary N) is 1. The molecule has 1 fully saturated rings. The number of aryl methyl sites for hydroxylation is 2. The minimum atomic E-state index is -0.839. The molecular weight excluding hydrogens is 526 g/mol. The van der Waals surface area contributed by atoms with Gasteiger partial charge < -0.3 is 9.47 Å². The number of imide groups is 2. The number of hydrogen-bond acceptors (Lipinski definition) is 7. The molecule has 4 rings (SSSR count). The lowest BCUT2D eigenvalue weighted by Crippen LogP contribution is -2.54. The number of non-ortho nitro benzene ring substituents is 1. The Labute approximate surface area is 228 Å². The van der Waals surface area contributed by atoms with E-state index < -0.39 is 22.8 Å². The van der Waals surface area contributed by atoms with Gasteiger partial charge in [-0.1, -0.05) is 17.7 Å². The number of nitrogens with zero attached hydrogens (tertiary/aromatic N) is 2. The van der Waals surface area contributed by atoms with E-state index in [0.717, 1.165) is 16.0 Å². The second-order valence-electron chi connectivity index (χ2n) is 8.70. The Balaban J connectivity index is 1.63. The Morgan fingerprint density at radius 3 is 2.36 bits per heavy atom. The van der Waals surface area contributed by atoms with Crippen molar-refractivity contribution in [1.29, 1.82) is 0 Å². The van der Waals surface area contributed by atoms with Gasteiger partial charge in [0, 0.05) is 12.1 Å². The summed E-state index contributed by atoms with van der Waals surface area (Å²) in [6, 6.07) is 13.2. The van der Waals surface area contributed by atoms with Crippen LogP contribution in [0, 0.1) is 24.0 Å². The van der Waals surface area contributed by atoms with Crippen LogP contribution in [-0.2, 0) is 16.2 Å². The second kappa shape index (κ2) is 11.4. The average molecular weight is 550 g/mol. The number of benzene rings is 3. The lowest BCUT2D eigenvalue weighted by Gasteiger charge is -2.27. The quantitative estimate of drug-likeness (QED) is 0.170. The van der Waals surface area contributed by atoms with E-state index in [0.29, 0.717) is 16.8 Å². The predicted molar refractivity (Wildman–Crippen MR) is 145 cm³/mol. The first-order valence-electron chi connectivity index (χ1n) is 11.9. The molecule has 39 heavy (non-hydrogen) atoms. The highest BCUT2D eigenvalue weighted by atomic mass is 35.5. The molecule has 4 amide bonds. The van der Waals surface area contributed by atoms with E-state index in [1.54, 1.807) is 43.3 Å². The molecule has 1 saturated heterocycles. The molecule has 200 valence electrons. The van der Waals surface area contributed by atoms with Gasteiger partial charge in [0.15, 0.2) is 11.5 Å². The number of amides is 4. The monoisotopic (exact) mass is 549 g/mol. The van der Waals surface area contributed by atoms with Gasteiger partial charge in [-0.2, -0.15) is 0 Å². The summed E-state index contributed by atoms with van der Waals surface area (Å²) in [4.78, 5) is 49.7. The number of rotatable bonds is 8. The van der Waals surface area contributed by atoms with Crippen LogP contribution >= 0.6 is 11.6 Å². The molecule has 3 aromatic carbocycles. The van der Waals surface area contributed by atoms with E-state index in [1.165, 1.54) is 24.3 Å². The van der Waals surface area contributed by atoms with Crippen molar-refractivity contribution in [2.75, 3.05) is 11.5 Å². The number of carbonyl (C=O) groups excluding carboxylic acids is 3. The number of urea groups is 1. The summed E-state index contributed by atoms with van der Waals surface area (Å²) in [5.41, 5.74) is 2.96. The number of barbiturate groups is 1. The van der Waals surface area contributed by atoms with Crippen molar-refractivity contribution in [2.24, 2.45) is 0 Å². The Hall–Kier alpha value is -4.70. The zero-order valence-corrected chi connectivity index (χ0v) is 22.1. The molecule has 3 aromatic rings. The molecule has 1 heterocycles. The molecule has 0 spiro atoms. The Morgan fingerprint density at radius 1 is 1.00 bits per heavy atom. The number of anilines is 1. The van der Waals surface area contributed by atoms with Crippen LogP contribution in [-0.4, -0.2) is 29.4 Å². The maximum atomic E-state index is 13.3. The summed E-state index contributed by atoms with van der Waals surface area (Å²) in [6.07, 6.45) is 1.33. The van der Waals surface area contributed by atoms with E-state index >= 15 is 0 Å². The molecule has 1 aliphatic rings. The molecular formula is C28H24ClN3O7. The van der Waals surface area contributed by atoms with E-state index in [4.69, 9.17) is 21.1 Å². The van der Waals surface area contributed by atoms with Crippen LogP contribution < -0.4 is 19.7 Å². The molecule has 0 bridgehead atoms. The summed E-state index contributed by atoms with van der Waals surface area (Å²) in [5, 5.41) is 13.2. The van der Waals surface area contributed by atoms with Crippen molar-refractivity contribution < 1.29 is 28.8 Å². The molecule has 0 unspecified atom stereocenters.